The van der Waals surface area contributed by atoms with Crippen molar-refractivity contribution >= 4 is 29.2 Å². The molecule has 6 heteroatoms. The number of benzene rings is 2. The van der Waals surface area contributed by atoms with E-state index < -0.39 is 0 Å². The summed E-state index contributed by atoms with van der Waals surface area (Å²) in [5.74, 6) is 1.25. The molecule has 2 amide bonds. The van der Waals surface area contributed by atoms with E-state index in [1.807, 2.05) is 34.9 Å². The smallest absolute Gasteiger partial charge is 0.326 e. The van der Waals surface area contributed by atoms with Crippen LogP contribution in [0.4, 0.5) is 16.2 Å². The maximum Gasteiger partial charge on any atom is 0.326 e. The molecule has 0 spiro atoms. The molecule has 1 heterocycles. The number of nitrogens with one attached hydrogen (secondary N) is 1. The summed E-state index contributed by atoms with van der Waals surface area (Å²) >= 11 is 1.83. The Morgan fingerprint density at radius 3 is 2.76 bits per heavy atom. The summed E-state index contributed by atoms with van der Waals surface area (Å²) in [7, 11) is 3.17. The molecule has 2 aromatic carbocycles. The minimum Gasteiger partial charge on any atom is -0.497 e. The fourth-order valence-electron chi connectivity index (χ4n) is 2.79. The van der Waals surface area contributed by atoms with Gasteiger partial charge in [0.15, 0.2) is 0 Å². The molecule has 3 rings (SSSR count). The van der Waals surface area contributed by atoms with Crippen molar-refractivity contribution in [2.75, 3.05) is 31.0 Å². The highest BCUT2D eigenvalue weighted by Gasteiger charge is 2.28. The Hall–Kier alpha value is -2.34. The first-order valence-electron chi connectivity index (χ1n) is 8.22. The van der Waals surface area contributed by atoms with Gasteiger partial charge in [-0.05, 0) is 30.7 Å². The standard InChI is InChI=1S/C19H22N2O3S/c1-4-14-12-21(16-7-5-6-8-18(16)25-14)19(22)20-15-10-9-13(23-2)11-17(15)24-3/h5-11,14H,4,12H2,1-3H3,(H,20,22). The van der Waals surface area contributed by atoms with Crippen molar-refractivity contribution in [3.63, 3.8) is 0 Å². The second-order valence-corrected chi connectivity index (χ2v) is 7.06. The number of nitrogens with zero attached hydrogens (tertiary/aromatic N) is 1. The van der Waals surface area contributed by atoms with Crippen LogP contribution in [0.1, 0.15) is 13.3 Å². The lowest BCUT2D eigenvalue weighted by Gasteiger charge is -2.33. The lowest BCUT2D eigenvalue weighted by atomic mass is 10.2. The van der Waals surface area contributed by atoms with Gasteiger partial charge in [0.05, 0.1) is 25.6 Å². The number of amides is 2. The molecule has 5 nitrogen and oxygen atoms in total. The highest BCUT2D eigenvalue weighted by atomic mass is 32.2. The van der Waals surface area contributed by atoms with E-state index in [1.54, 1.807) is 32.4 Å². The first-order chi connectivity index (χ1) is 12.2. The fraction of sp³-hybridized carbons (Fsp3) is 0.316. The highest BCUT2D eigenvalue weighted by molar-refractivity contribution is 8.00. The lowest BCUT2D eigenvalue weighted by molar-refractivity contribution is 0.256. The molecule has 1 atom stereocenters. The van der Waals surface area contributed by atoms with E-state index in [1.165, 1.54) is 0 Å². The molecule has 1 unspecified atom stereocenters. The van der Waals surface area contributed by atoms with Crippen molar-refractivity contribution in [1.29, 1.82) is 0 Å². The summed E-state index contributed by atoms with van der Waals surface area (Å²) in [6, 6.07) is 13.2. The summed E-state index contributed by atoms with van der Waals surface area (Å²) in [6.45, 7) is 2.83. The zero-order chi connectivity index (χ0) is 17.8. The van der Waals surface area contributed by atoms with Gasteiger partial charge in [0.1, 0.15) is 11.5 Å². The molecule has 0 saturated heterocycles. The van der Waals surface area contributed by atoms with Gasteiger partial charge in [-0.15, -0.1) is 11.8 Å². The number of urea groups is 1. The lowest BCUT2D eigenvalue weighted by Crippen LogP contribution is -2.41. The zero-order valence-corrected chi connectivity index (χ0v) is 15.4. The number of rotatable bonds is 4. The SMILES string of the molecule is CCC1CN(C(=O)Nc2ccc(OC)cc2OC)c2ccccc2S1. The van der Waals surface area contributed by atoms with Gasteiger partial charge in [-0.3, -0.25) is 4.90 Å². The van der Waals surface area contributed by atoms with Gasteiger partial charge >= 0.3 is 6.03 Å². The molecule has 0 saturated carbocycles. The van der Waals surface area contributed by atoms with E-state index in [9.17, 15) is 4.79 Å². The van der Waals surface area contributed by atoms with Crippen LogP contribution in [-0.4, -0.2) is 32.0 Å². The van der Waals surface area contributed by atoms with E-state index in [0.29, 0.717) is 29.0 Å². The van der Waals surface area contributed by atoms with E-state index in [4.69, 9.17) is 9.47 Å². The molecular weight excluding hydrogens is 336 g/mol. The maximum atomic E-state index is 12.9. The van der Waals surface area contributed by atoms with Crippen LogP contribution in [-0.2, 0) is 0 Å². The van der Waals surface area contributed by atoms with Gasteiger partial charge in [0, 0.05) is 22.8 Å². The van der Waals surface area contributed by atoms with E-state index >= 15 is 0 Å². The number of methoxy groups -OCH3 is 2. The topological polar surface area (TPSA) is 50.8 Å². The van der Waals surface area contributed by atoms with E-state index in [0.717, 1.165) is 17.0 Å². The van der Waals surface area contributed by atoms with Gasteiger partial charge in [-0.2, -0.15) is 0 Å². The average molecular weight is 358 g/mol. The maximum absolute atomic E-state index is 12.9. The first kappa shape index (κ1) is 17.5. The summed E-state index contributed by atoms with van der Waals surface area (Å²) in [4.78, 5) is 15.9. The van der Waals surface area contributed by atoms with Crippen LogP contribution in [0.2, 0.25) is 0 Å². The van der Waals surface area contributed by atoms with Crippen LogP contribution >= 0.6 is 11.8 Å². The molecular formula is C19H22N2O3S. The van der Waals surface area contributed by atoms with Crippen molar-refractivity contribution in [3.8, 4) is 11.5 Å². The van der Waals surface area contributed by atoms with E-state index in [2.05, 4.69) is 18.3 Å². The number of ether oxygens (including phenoxy) is 2. The summed E-state index contributed by atoms with van der Waals surface area (Å²) in [5, 5.41) is 3.35. The Balaban J connectivity index is 1.86. The average Bonchev–Trinajstić information content (AvgIpc) is 2.67. The predicted molar refractivity (Wildman–Crippen MR) is 102 cm³/mol. The monoisotopic (exact) mass is 358 g/mol. The third-order valence-electron chi connectivity index (χ3n) is 4.19. The Morgan fingerprint density at radius 2 is 2.04 bits per heavy atom. The first-order valence-corrected chi connectivity index (χ1v) is 9.10. The van der Waals surface area contributed by atoms with E-state index in [-0.39, 0.29) is 6.03 Å². The molecule has 25 heavy (non-hydrogen) atoms. The normalized spacial score (nSPS) is 16.1. The number of carbonyl (C=O) groups is 1. The van der Waals surface area contributed by atoms with Gasteiger partial charge < -0.3 is 14.8 Å². The summed E-state index contributed by atoms with van der Waals surface area (Å²) < 4.78 is 10.6. The van der Waals surface area contributed by atoms with Crippen LogP contribution in [0, 0.1) is 0 Å². The van der Waals surface area contributed by atoms with Crippen LogP contribution in [0.25, 0.3) is 0 Å². The molecule has 0 bridgehead atoms. The number of hydrogen-bond donors (Lipinski definition) is 1. The van der Waals surface area contributed by atoms with Gasteiger partial charge in [0.25, 0.3) is 0 Å². The Morgan fingerprint density at radius 1 is 1.24 bits per heavy atom. The number of carbonyl (C=O) groups excluding carboxylic acids is 1. The second-order valence-electron chi connectivity index (χ2n) is 5.72. The predicted octanol–water partition coefficient (Wildman–Crippen LogP) is 4.63. The molecule has 132 valence electrons. The van der Waals surface area contributed by atoms with Crippen molar-refractivity contribution in [1.82, 2.24) is 0 Å². The van der Waals surface area contributed by atoms with Crippen molar-refractivity contribution in [2.24, 2.45) is 0 Å². The molecule has 0 fully saturated rings. The minimum absolute atomic E-state index is 0.158. The quantitative estimate of drug-likeness (QED) is 0.866. The minimum atomic E-state index is -0.158. The largest absolute Gasteiger partial charge is 0.497 e. The molecule has 1 N–H and O–H groups in total. The molecule has 1 aliphatic heterocycles. The van der Waals surface area contributed by atoms with Crippen molar-refractivity contribution in [2.45, 2.75) is 23.5 Å². The van der Waals surface area contributed by atoms with Gasteiger partial charge in [-0.25, -0.2) is 4.79 Å². The number of hydrogen-bond acceptors (Lipinski definition) is 4. The number of anilines is 2. The molecule has 0 aromatic heterocycles. The zero-order valence-electron chi connectivity index (χ0n) is 14.6. The molecule has 0 radical (unpaired) electrons. The Labute approximate surface area is 152 Å². The summed E-state index contributed by atoms with van der Waals surface area (Å²) in [6.07, 6.45) is 1.01. The summed E-state index contributed by atoms with van der Waals surface area (Å²) in [5.41, 5.74) is 1.57. The van der Waals surface area contributed by atoms with Crippen LogP contribution in [0.3, 0.4) is 0 Å². The Kier molecular flexibility index (Phi) is 5.38. The third kappa shape index (κ3) is 3.69. The number of para-hydroxylation sites is 1. The number of fused-ring (bicyclic) bond motifs is 1. The number of thioether (sulfide) groups is 1. The molecule has 2 aromatic rings. The molecule has 1 aliphatic rings. The van der Waals surface area contributed by atoms with Gasteiger partial charge in [-0.1, -0.05) is 19.1 Å². The second kappa shape index (κ2) is 7.70. The van der Waals surface area contributed by atoms with Gasteiger partial charge in [0.2, 0.25) is 0 Å². The van der Waals surface area contributed by atoms with Crippen LogP contribution in [0.15, 0.2) is 47.4 Å². The van der Waals surface area contributed by atoms with Crippen LogP contribution in [0.5, 0.6) is 11.5 Å². The highest BCUT2D eigenvalue weighted by Crippen LogP contribution is 2.40. The van der Waals surface area contributed by atoms with Crippen LogP contribution < -0.4 is 19.7 Å². The third-order valence-corrected chi connectivity index (χ3v) is 5.60. The molecule has 0 aliphatic carbocycles. The van der Waals surface area contributed by atoms with Crippen molar-refractivity contribution < 1.29 is 14.3 Å². The van der Waals surface area contributed by atoms with Crippen molar-refractivity contribution in [3.05, 3.63) is 42.5 Å². The Bertz CT molecular complexity index is 766. The fourth-order valence-corrected chi connectivity index (χ4v) is 3.99.